The molecule has 3 nitrogen and oxygen atoms in total. The van der Waals surface area contributed by atoms with E-state index in [1.165, 1.54) is 21.9 Å². The number of benzene rings is 4. The fourth-order valence-corrected chi connectivity index (χ4v) is 4.83. The zero-order valence-electron chi connectivity index (χ0n) is 19.3. The molecule has 0 spiro atoms. The molecule has 1 amide bonds. The van der Waals surface area contributed by atoms with Crippen LogP contribution in [-0.4, -0.2) is 18.5 Å². The van der Waals surface area contributed by atoms with Crippen molar-refractivity contribution in [2.45, 2.75) is 38.3 Å². The van der Waals surface area contributed by atoms with Gasteiger partial charge in [-0.05, 0) is 64.4 Å². The van der Waals surface area contributed by atoms with Crippen LogP contribution in [0.2, 0.25) is 0 Å². The van der Waals surface area contributed by atoms with Gasteiger partial charge in [-0.25, -0.2) is 0 Å². The van der Waals surface area contributed by atoms with Crippen molar-refractivity contribution >= 4 is 29.1 Å². The Bertz CT molecular complexity index is 1240. The molecule has 4 aromatic carbocycles. The summed E-state index contributed by atoms with van der Waals surface area (Å²) in [6.45, 7) is 1.66. The van der Waals surface area contributed by atoms with Crippen LogP contribution in [0.15, 0.2) is 91.0 Å². The summed E-state index contributed by atoms with van der Waals surface area (Å²) in [5.74, 6) is 0.00537. The average Bonchev–Trinajstić information content (AvgIpc) is 2.89. The Morgan fingerprint density at radius 2 is 1.56 bits per heavy atom. The van der Waals surface area contributed by atoms with Crippen LogP contribution in [0.1, 0.15) is 40.7 Å². The predicted octanol–water partition coefficient (Wildman–Crippen LogP) is 6.54. The van der Waals surface area contributed by atoms with Gasteiger partial charge in [0.05, 0.1) is 0 Å². The van der Waals surface area contributed by atoms with E-state index in [0.29, 0.717) is 18.2 Å². The first-order chi connectivity index (χ1) is 16.3. The molecule has 1 aliphatic rings. The maximum absolute atomic E-state index is 12.5. The molecule has 0 fully saturated rings. The summed E-state index contributed by atoms with van der Waals surface area (Å²) in [7, 11) is 0. The van der Waals surface area contributed by atoms with E-state index in [9.17, 15) is 4.79 Å². The number of unbranched alkanes of at least 4 members (excludes halogenated alkanes) is 1. The van der Waals surface area contributed by atoms with Gasteiger partial charge in [0.25, 0.3) is 5.91 Å². The summed E-state index contributed by atoms with van der Waals surface area (Å²) in [6, 6.07) is 31.8. The number of nitrogens with one attached hydrogen (secondary N) is 2. The number of fused-ring (bicyclic) bond motifs is 3. The van der Waals surface area contributed by atoms with E-state index >= 15 is 0 Å². The molecule has 4 heteroatoms. The molecule has 0 saturated carbocycles. The van der Waals surface area contributed by atoms with Gasteiger partial charge in [0, 0.05) is 24.7 Å². The second-order valence-electron chi connectivity index (χ2n) is 8.90. The lowest BCUT2D eigenvalue weighted by Gasteiger charge is -2.27. The molecule has 0 bridgehead atoms. The molecule has 174 valence electrons. The lowest BCUT2D eigenvalue weighted by molar-refractivity contribution is 0.0953. The third-order valence-electron chi connectivity index (χ3n) is 6.69. The monoisotopic (exact) mass is 470 g/mol. The van der Waals surface area contributed by atoms with E-state index in [4.69, 9.17) is 0 Å². The number of carbonyl (C=O) groups is 1. The Labute approximate surface area is 208 Å². The van der Waals surface area contributed by atoms with Crippen LogP contribution in [0.25, 0.3) is 21.9 Å². The molecule has 4 aromatic rings. The highest BCUT2D eigenvalue weighted by atomic mass is 35.5. The van der Waals surface area contributed by atoms with E-state index in [1.807, 2.05) is 42.5 Å². The number of rotatable bonds is 7. The quantitative estimate of drug-likeness (QED) is 0.301. The molecular weight excluding hydrogens is 440 g/mol. The van der Waals surface area contributed by atoms with Crippen LogP contribution in [0, 0.1) is 0 Å². The van der Waals surface area contributed by atoms with E-state index in [1.54, 1.807) is 0 Å². The van der Waals surface area contributed by atoms with Gasteiger partial charge < -0.3 is 10.6 Å². The zero-order chi connectivity index (χ0) is 22.5. The fourth-order valence-electron chi connectivity index (χ4n) is 4.83. The number of halogens is 1. The van der Waals surface area contributed by atoms with E-state index < -0.39 is 0 Å². The summed E-state index contributed by atoms with van der Waals surface area (Å²) in [4.78, 5) is 12.5. The molecule has 2 N–H and O–H groups in total. The van der Waals surface area contributed by atoms with Gasteiger partial charge in [-0.1, -0.05) is 85.3 Å². The average molecular weight is 471 g/mol. The van der Waals surface area contributed by atoms with Gasteiger partial charge in [0.1, 0.15) is 0 Å². The minimum Gasteiger partial charge on any atom is -0.352 e. The number of amides is 1. The summed E-state index contributed by atoms with van der Waals surface area (Å²) < 4.78 is 0. The summed E-state index contributed by atoms with van der Waals surface area (Å²) in [6.07, 6.45) is 4.31. The third kappa shape index (κ3) is 5.49. The topological polar surface area (TPSA) is 41.1 Å². The van der Waals surface area contributed by atoms with Crippen LogP contribution in [0.3, 0.4) is 0 Å². The van der Waals surface area contributed by atoms with E-state index in [2.05, 4.69) is 59.2 Å². The van der Waals surface area contributed by atoms with Crippen molar-refractivity contribution in [3.05, 3.63) is 108 Å². The Hall–Kier alpha value is -3.14. The largest absolute Gasteiger partial charge is 0.352 e. The number of carbonyl (C=O) groups excluding carboxylic acids is 1. The Kier molecular flexibility index (Phi) is 7.99. The molecule has 0 aromatic heterocycles. The lowest BCUT2D eigenvalue weighted by atomic mass is 9.89. The van der Waals surface area contributed by atoms with Crippen molar-refractivity contribution in [1.82, 2.24) is 10.6 Å². The third-order valence-corrected chi connectivity index (χ3v) is 6.69. The van der Waals surface area contributed by atoms with Gasteiger partial charge >= 0.3 is 0 Å². The minimum absolute atomic E-state index is 0. The molecule has 1 atom stereocenters. The van der Waals surface area contributed by atoms with Gasteiger partial charge in [-0.15, -0.1) is 12.4 Å². The lowest BCUT2D eigenvalue weighted by Crippen LogP contribution is -2.35. The van der Waals surface area contributed by atoms with Gasteiger partial charge in [0.15, 0.2) is 0 Å². The van der Waals surface area contributed by atoms with Crippen molar-refractivity contribution in [2.75, 3.05) is 6.54 Å². The maximum atomic E-state index is 12.5. The Morgan fingerprint density at radius 1 is 0.824 bits per heavy atom. The Morgan fingerprint density at radius 3 is 2.38 bits per heavy atom. The molecule has 5 rings (SSSR count). The molecule has 0 saturated heterocycles. The van der Waals surface area contributed by atoms with Crippen LogP contribution in [0.4, 0.5) is 0 Å². The molecular formula is C30H31ClN2O. The highest BCUT2D eigenvalue weighted by Gasteiger charge is 2.19. The summed E-state index contributed by atoms with van der Waals surface area (Å²) in [5.41, 5.74) is 5.93. The highest BCUT2D eigenvalue weighted by molar-refractivity contribution is 5.94. The summed E-state index contributed by atoms with van der Waals surface area (Å²) >= 11 is 0. The first kappa shape index (κ1) is 24.0. The van der Waals surface area contributed by atoms with Crippen LogP contribution < -0.4 is 10.6 Å². The molecule has 0 aliphatic carbocycles. The first-order valence-corrected chi connectivity index (χ1v) is 11.9. The molecule has 1 aliphatic heterocycles. The number of hydrogen-bond acceptors (Lipinski definition) is 2. The molecule has 0 radical (unpaired) electrons. The molecule has 34 heavy (non-hydrogen) atoms. The van der Waals surface area contributed by atoms with E-state index in [-0.39, 0.29) is 18.3 Å². The van der Waals surface area contributed by atoms with Crippen LogP contribution >= 0.6 is 12.4 Å². The zero-order valence-corrected chi connectivity index (χ0v) is 20.1. The SMILES string of the molecule is Cl.O=C(NCCCCC1Cc2c(ccc3ccccc23)CN1)c1ccc(-c2ccccc2)cc1. The second kappa shape index (κ2) is 11.3. The van der Waals surface area contributed by atoms with Crippen LogP contribution in [0.5, 0.6) is 0 Å². The van der Waals surface area contributed by atoms with Crippen molar-refractivity contribution in [2.24, 2.45) is 0 Å². The van der Waals surface area contributed by atoms with Gasteiger partial charge in [-0.3, -0.25) is 4.79 Å². The normalized spacial score (nSPS) is 14.8. The first-order valence-electron chi connectivity index (χ1n) is 11.9. The molecule has 1 heterocycles. The standard InChI is InChI=1S/C30H30N2O.ClH/c33-30(25-16-13-23(14-17-25)22-8-2-1-3-9-22)31-19-7-6-11-27-20-29-26(21-32-27)18-15-24-10-4-5-12-28(24)29;/h1-5,8-10,12-18,27,32H,6-7,11,19-21H2,(H,31,33);1H. The minimum atomic E-state index is 0. The van der Waals surface area contributed by atoms with Crippen molar-refractivity contribution in [3.8, 4) is 11.1 Å². The smallest absolute Gasteiger partial charge is 0.251 e. The maximum Gasteiger partial charge on any atom is 0.251 e. The van der Waals surface area contributed by atoms with E-state index in [0.717, 1.165) is 43.4 Å². The van der Waals surface area contributed by atoms with Gasteiger partial charge in [0.2, 0.25) is 0 Å². The predicted molar refractivity (Wildman–Crippen MR) is 144 cm³/mol. The Balaban J connectivity index is 0.00000274. The van der Waals surface area contributed by atoms with Gasteiger partial charge in [-0.2, -0.15) is 0 Å². The summed E-state index contributed by atoms with van der Waals surface area (Å²) in [5, 5.41) is 9.50. The van der Waals surface area contributed by atoms with Crippen molar-refractivity contribution < 1.29 is 4.79 Å². The van der Waals surface area contributed by atoms with Crippen LogP contribution in [-0.2, 0) is 13.0 Å². The second-order valence-corrected chi connectivity index (χ2v) is 8.90. The number of hydrogen-bond donors (Lipinski definition) is 2. The molecule has 1 unspecified atom stereocenters. The van der Waals surface area contributed by atoms with Crippen molar-refractivity contribution in [3.63, 3.8) is 0 Å². The highest BCUT2D eigenvalue weighted by Crippen LogP contribution is 2.27. The van der Waals surface area contributed by atoms with Crippen molar-refractivity contribution in [1.29, 1.82) is 0 Å². The fraction of sp³-hybridized carbons (Fsp3) is 0.233.